The molecular formula is C23H24N2O4. The molecule has 2 saturated heterocycles. The van der Waals surface area contributed by atoms with Crippen LogP contribution in [-0.4, -0.2) is 56.0 Å². The number of benzene rings is 2. The highest BCUT2D eigenvalue weighted by Gasteiger charge is 2.44. The topological polar surface area (TPSA) is 74.1 Å². The number of carbonyl (C=O) groups excluding carboxylic acids is 2. The number of hydrogen-bond donors (Lipinski definition) is 1. The van der Waals surface area contributed by atoms with Crippen LogP contribution in [0, 0.1) is 0 Å². The van der Waals surface area contributed by atoms with Crippen LogP contribution in [0.3, 0.4) is 0 Å². The van der Waals surface area contributed by atoms with E-state index in [1.807, 2.05) is 36.4 Å². The molecule has 0 bridgehead atoms. The molecule has 0 aromatic heterocycles. The van der Waals surface area contributed by atoms with Crippen molar-refractivity contribution >= 4 is 17.4 Å². The van der Waals surface area contributed by atoms with Gasteiger partial charge >= 0.3 is 0 Å². The number of nitrogens with zero attached hydrogens (tertiary/aromatic N) is 1. The lowest BCUT2D eigenvalue weighted by atomic mass is 9.95. The van der Waals surface area contributed by atoms with Crippen molar-refractivity contribution in [3.63, 3.8) is 0 Å². The maximum atomic E-state index is 13.2. The van der Waals surface area contributed by atoms with Gasteiger partial charge in [-0.25, -0.2) is 0 Å². The summed E-state index contributed by atoms with van der Waals surface area (Å²) in [6.45, 7) is 4.31. The van der Waals surface area contributed by atoms with Crippen molar-refractivity contribution in [3.05, 3.63) is 77.4 Å². The van der Waals surface area contributed by atoms with Gasteiger partial charge in [-0.3, -0.25) is 9.59 Å². The molecule has 1 amide bonds. The standard InChI is InChI=1S/C23H24N2O4/c26-21(18-9-5-2-6-10-18)19-20(17-7-3-1-4-8-17)25(23(28)22(19)27)12-11-24-13-15-29-16-14-24/h1-10,20,26H,11-16H2. The SMILES string of the molecule is O=C1C(=O)N(CC[NH+]2CCOCC2)C(c2ccccc2)C1=C([O-])c1ccccc1. The smallest absolute Gasteiger partial charge is 0.295 e. The fourth-order valence-corrected chi connectivity index (χ4v) is 4.02. The molecule has 6 nitrogen and oxygen atoms in total. The van der Waals surface area contributed by atoms with E-state index in [-0.39, 0.29) is 11.3 Å². The molecule has 0 saturated carbocycles. The number of ketones is 1. The minimum Gasteiger partial charge on any atom is -0.872 e. The number of Topliss-reactive ketones (excluding diaryl/α,β-unsaturated/α-hetero) is 1. The van der Waals surface area contributed by atoms with Gasteiger partial charge in [-0.05, 0) is 11.1 Å². The molecule has 2 aromatic rings. The van der Waals surface area contributed by atoms with Gasteiger partial charge in [-0.15, -0.1) is 0 Å². The summed E-state index contributed by atoms with van der Waals surface area (Å²) >= 11 is 0. The second-order valence-electron chi connectivity index (χ2n) is 7.36. The lowest BCUT2D eigenvalue weighted by Crippen LogP contribution is -3.14. The Labute approximate surface area is 170 Å². The Bertz CT molecular complexity index is 905. The van der Waals surface area contributed by atoms with Crippen molar-refractivity contribution < 1.29 is 24.3 Å². The second kappa shape index (κ2) is 8.59. The van der Waals surface area contributed by atoms with Crippen LogP contribution in [0.5, 0.6) is 0 Å². The molecule has 2 aliphatic heterocycles. The molecular weight excluding hydrogens is 368 g/mol. The Morgan fingerprint density at radius 1 is 1.00 bits per heavy atom. The van der Waals surface area contributed by atoms with E-state index in [9.17, 15) is 14.7 Å². The van der Waals surface area contributed by atoms with Crippen molar-refractivity contribution in [1.82, 2.24) is 4.90 Å². The van der Waals surface area contributed by atoms with E-state index in [2.05, 4.69) is 0 Å². The Morgan fingerprint density at radius 2 is 1.62 bits per heavy atom. The Morgan fingerprint density at radius 3 is 2.28 bits per heavy atom. The molecule has 1 N–H and O–H groups in total. The van der Waals surface area contributed by atoms with Crippen molar-refractivity contribution in [1.29, 1.82) is 0 Å². The van der Waals surface area contributed by atoms with Crippen LogP contribution in [0.15, 0.2) is 66.2 Å². The van der Waals surface area contributed by atoms with Crippen LogP contribution in [0.4, 0.5) is 0 Å². The van der Waals surface area contributed by atoms with Gasteiger partial charge in [0, 0.05) is 5.57 Å². The molecule has 29 heavy (non-hydrogen) atoms. The fraction of sp³-hybridized carbons (Fsp3) is 0.304. The summed E-state index contributed by atoms with van der Waals surface area (Å²) in [6.07, 6.45) is 0. The highest BCUT2D eigenvalue weighted by Crippen LogP contribution is 2.38. The van der Waals surface area contributed by atoms with Crippen LogP contribution < -0.4 is 10.0 Å². The van der Waals surface area contributed by atoms with Gasteiger partial charge in [-0.2, -0.15) is 0 Å². The third-order valence-corrected chi connectivity index (χ3v) is 5.59. The van der Waals surface area contributed by atoms with Crippen molar-refractivity contribution in [2.75, 3.05) is 39.4 Å². The van der Waals surface area contributed by atoms with E-state index in [0.717, 1.165) is 25.2 Å². The zero-order valence-corrected chi connectivity index (χ0v) is 16.2. The highest BCUT2D eigenvalue weighted by molar-refractivity contribution is 6.46. The number of likely N-dealkylation sites (tertiary alicyclic amines) is 1. The molecule has 1 unspecified atom stereocenters. The van der Waals surface area contributed by atoms with E-state index >= 15 is 0 Å². The first-order valence-electron chi connectivity index (χ1n) is 9.95. The first-order valence-corrected chi connectivity index (χ1v) is 9.95. The molecule has 0 radical (unpaired) electrons. The van der Waals surface area contributed by atoms with E-state index in [4.69, 9.17) is 4.74 Å². The summed E-state index contributed by atoms with van der Waals surface area (Å²) in [7, 11) is 0. The molecule has 6 heteroatoms. The number of rotatable bonds is 5. The molecule has 2 aliphatic rings. The maximum Gasteiger partial charge on any atom is 0.295 e. The molecule has 1 atom stereocenters. The zero-order valence-electron chi connectivity index (χ0n) is 16.2. The van der Waals surface area contributed by atoms with Crippen LogP contribution in [0.25, 0.3) is 5.76 Å². The second-order valence-corrected chi connectivity index (χ2v) is 7.36. The average molecular weight is 392 g/mol. The van der Waals surface area contributed by atoms with Gasteiger partial charge < -0.3 is 19.6 Å². The monoisotopic (exact) mass is 392 g/mol. The summed E-state index contributed by atoms with van der Waals surface area (Å²) in [6, 6.07) is 17.4. The molecule has 2 aromatic carbocycles. The van der Waals surface area contributed by atoms with E-state index in [1.54, 1.807) is 29.2 Å². The highest BCUT2D eigenvalue weighted by atomic mass is 16.5. The van der Waals surface area contributed by atoms with Gasteiger partial charge in [0.2, 0.25) is 5.78 Å². The van der Waals surface area contributed by atoms with Crippen LogP contribution in [0.2, 0.25) is 0 Å². The predicted molar refractivity (Wildman–Crippen MR) is 106 cm³/mol. The Balaban J connectivity index is 1.70. The third kappa shape index (κ3) is 3.95. The van der Waals surface area contributed by atoms with Crippen molar-refractivity contribution in [2.24, 2.45) is 0 Å². The number of nitrogens with one attached hydrogen (secondary N) is 1. The van der Waals surface area contributed by atoms with E-state index in [1.165, 1.54) is 4.90 Å². The van der Waals surface area contributed by atoms with Gasteiger partial charge in [0.15, 0.2) is 0 Å². The zero-order chi connectivity index (χ0) is 20.2. The number of hydrogen-bond acceptors (Lipinski definition) is 4. The van der Waals surface area contributed by atoms with Gasteiger partial charge in [0.05, 0.1) is 32.3 Å². The fourth-order valence-electron chi connectivity index (χ4n) is 4.02. The maximum absolute atomic E-state index is 13.2. The first-order chi connectivity index (χ1) is 14.2. The number of ether oxygens (including phenoxy) is 1. The van der Waals surface area contributed by atoms with Gasteiger partial charge in [0.1, 0.15) is 13.1 Å². The molecule has 2 heterocycles. The summed E-state index contributed by atoms with van der Waals surface area (Å²) in [4.78, 5) is 28.7. The minimum atomic E-state index is -0.690. The number of quaternary nitrogens is 1. The summed E-state index contributed by atoms with van der Waals surface area (Å²) in [5.41, 5.74) is 1.25. The molecule has 150 valence electrons. The summed E-state index contributed by atoms with van der Waals surface area (Å²) < 4.78 is 5.39. The quantitative estimate of drug-likeness (QED) is 0.436. The molecule has 0 aliphatic carbocycles. The van der Waals surface area contributed by atoms with Crippen LogP contribution >= 0.6 is 0 Å². The number of carbonyl (C=O) groups is 2. The van der Waals surface area contributed by atoms with Crippen molar-refractivity contribution in [3.8, 4) is 0 Å². The average Bonchev–Trinajstić information content (AvgIpc) is 3.04. The predicted octanol–water partition coefficient (Wildman–Crippen LogP) is -0.174. The van der Waals surface area contributed by atoms with Crippen LogP contribution in [-0.2, 0) is 14.3 Å². The van der Waals surface area contributed by atoms with Gasteiger partial charge in [0.25, 0.3) is 5.91 Å². The third-order valence-electron chi connectivity index (χ3n) is 5.59. The molecule has 2 fully saturated rings. The summed E-state index contributed by atoms with van der Waals surface area (Å²) in [5.74, 6) is -1.66. The van der Waals surface area contributed by atoms with E-state index in [0.29, 0.717) is 25.3 Å². The first kappa shape index (κ1) is 19.4. The van der Waals surface area contributed by atoms with Gasteiger partial charge in [-0.1, -0.05) is 66.4 Å². The normalized spacial score (nSPS) is 22.2. The lowest BCUT2D eigenvalue weighted by molar-refractivity contribution is -0.907. The lowest BCUT2D eigenvalue weighted by Gasteiger charge is -2.30. The number of amides is 1. The Hall–Kier alpha value is -2.96. The van der Waals surface area contributed by atoms with Crippen LogP contribution in [0.1, 0.15) is 17.2 Å². The van der Waals surface area contributed by atoms with E-state index < -0.39 is 17.7 Å². The summed E-state index contributed by atoms with van der Waals surface area (Å²) in [5, 5.41) is 13.2. The molecule has 4 rings (SSSR count). The Kier molecular flexibility index (Phi) is 5.74. The minimum absolute atomic E-state index is 0.0457. The number of morpholine rings is 1. The largest absolute Gasteiger partial charge is 0.872 e. The van der Waals surface area contributed by atoms with Crippen molar-refractivity contribution in [2.45, 2.75) is 6.04 Å². The molecule has 0 spiro atoms.